The zero-order chi connectivity index (χ0) is 15.1. The molecule has 4 heteroatoms. The Morgan fingerprint density at radius 3 is 2.81 bits per heavy atom. The Bertz CT molecular complexity index is 435. The molecule has 1 fully saturated rings. The van der Waals surface area contributed by atoms with E-state index in [-0.39, 0.29) is 5.82 Å². The molecule has 1 aliphatic carbocycles. The van der Waals surface area contributed by atoms with Gasteiger partial charge in [-0.2, -0.15) is 11.8 Å². The lowest BCUT2D eigenvalue weighted by Gasteiger charge is -2.24. The van der Waals surface area contributed by atoms with Crippen molar-refractivity contribution in [3.8, 4) is 0 Å². The van der Waals surface area contributed by atoms with Crippen LogP contribution in [0.3, 0.4) is 0 Å². The van der Waals surface area contributed by atoms with Gasteiger partial charge >= 0.3 is 0 Å². The highest BCUT2D eigenvalue weighted by Gasteiger charge is 2.17. The third kappa shape index (κ3) is 5.57. The molecule has 2 rings (SSSR count). The number of halogens is 2. The molecule has 0 spiro atoms. The first-order chi connectivity index (χ1) is 10.2. The smallest absolute Gasteiger partial charge is 0.137 e. The number of hydrogen-bond donors (Lipinski definition) is 1. The molecule has 1 nitrogen and oxygen atoms in total. The van der Waals surface area contributed by atoms with Crippen LogP contribution in [-0.2, 0) is 6.42 Å². The zero-order valence-corrected chi connectivity index (χ0v) is 15.1. The fourth-order valence-electron chi connectivity index (χ4n) is 2.93. The zero-order valence-electron chi connectivity index (χ0n) is 12.7. The van der Waals surface area contributed by atoms with E-state index in [9.17, 15) is 4.39 Å². The van der Waals surface area contributed by atoms with E-state index in [1.165, 1.54) is 38.2 Å². The monoisotopic (exact) mass is 373 g/mol. The summed E-state index contributed by atoms with van der Waals surface area (Å²) in [5, 5.41) is 4.38. The van der Waals surface area contributed by atoms with Crippen LogP contribution in [0.2, 0.25) is 0 Å². The first-order valence-corrected chi connectivity index (χ1v) is 9.82. The van der Waals surface area contributed by atoms with Gasteiger partial charge in [0.1, 0.15) is 5.82 Å². The SMILES string of the molecule is CCNC(CSC1CCCCC1)Cc1cccc(F)c1Br. The highest BCUT2D eigenvalue weighted by atomic mass is 79.9. The Morgan fingerprint density at radius 2 is 2.10 bits per heavy atom. The van der Waals surface area contributed by atoms with Gasteiger partial charge in [0.25, 0.3) is 0 Å². The number of nitrogens with one attached hydrogen (secondary N) is 1. The topological polar surface area (TPSA) is 12.0 Å². The van der Waals surface area contributed by atoms with Crippen LogP contribution in [0.25, 0.3) is 0 Å². The minimum atomic E-state index is -0.164. The number of benzene rings is 1. The van der Waals surface area contributed by atoms with Crippen molar-refractivity contribution in [1.29, 1.82) is 0 Å². The molecule has 0 saturated heterocycles. The second kappa shape index (κ2) is 9.16. The summed E-state index contributed by atoms with van der Waals surface area (Å²) in [7, 11) is 0. The molecule has 0 bridgehead atoms. The largest absolute Gasteiger partial charge is 0.313 e. The summed E-state index contributed by atoms with van der Waals surface area (Å²) in [5.74, 6) is 0.948. The first-order valence-electron chi connectivity index (χ1n) is 7.98. The highest BCUT2D eigenvalue weighted by molar-refractivity contribution is 9.10. The Hall–Kier alpha value is -0.0600. The van der Waals surface area contributed by atoms with Gasteiger partial charge in [-0.3, -0.25) is 0 Å². The molecule has 1 aromatic rings. The van der Waals surface area contributed by atoms with Crippen LogP contribution >= 0.6 is 27.7 Å². The summed E-state index contributed by atoms with van der Waals surface area (Å²) in [4.78, 5) is 0. The van der Waals surface area contributed by atoms with Crippen molar-refractivity contribution in [3.05, 3.63) is 34.1 Å². The van der Waals surface area contributed by atoms with Crippen LogP contribution < -0.4 is 5.32 Å². The van der Waals surface area contributed by atoms with Gasteiger partial charge in [-0.15, -0.1) is 0 Å². The van der Waals surface area contributed by atoms with Gasteiger partial charge in [-0.25, -0.2) is 4.39 Å². The molecule has 0 aliphatic heterocycles. The van der Waals surface area contributed by atoms with Gasteiger partial charge in [0.15, 0.2) is 0 Å². The molecule has 0 aromatic heterocycles. The van der Waals surface area contributed by atoms with Crippen molar-refractivity contribution >= 4 is 27.7 Å². The molecule has 1 aromatic carbocycles. The predicted molar refractivity (Wildman–Crippen MR) is 94.6 cm³/mol. The standard InChI is InChI=1S/C17H25BrFNS/c1-2-20-14(12-21-15-8-4-3-5-9-15)11-13-7-6-10-16(19)17(13)18/h6-7,10,14-15,20H,2-5,8-9,11-12H2,1H3. The third-order valence-corrected chi connectivity index (χ3v) is 6.50. The molecule has 1 saturated carbocycles. The van der Waals surface area contributed by atoms with E-state index in [1.54, 1.807) is 6.07 Å². The quantitative estimate of drug-likeness (QED) is 0.706. The van der Waals surface area contributed by atoms with E-state index < -0.39 is 0 Å². The van der Waals surface area contributed by atoms with Crippen LogP contribution in [-0.4, -0.2) is 23.6 Å². The summed E-state index contributed by atoms with van der Waals surface area (Å²) in [5.41, 5.74) is 1.06. The average Bonchev–Trinajstić information content (AvgIpc) is 2.50. The van der Waals surface area contributed by atoms with Gasteiger partial charge in [-0.05, 0) is 53.4 Å². The van der Waals surface area contributed by atoms with Gasteiger partial charge in [0.05, 0.1) is 4.47 Å². The van der Waals surface area contributed by atoms with Crippen molar-refractivity contribution < 1.29 is 4.39 Å². The maximum atomic E-state index is 13.6. The molecule has 1 unspecified atom stereocenters. The molecular weight excluding hydrogens is 349 g/mol. The maximum absolute atomic E-state index is 13.6. The molecule has 118 valence electrons. The predicted octanol–water partition coefficient (Wildman–Crippen LogP) is 5.17. The van der Waals surface area contributed by atoms with E-state index in [0.717, 1.165) is 29.5 Å². The van der Waals surface area contributed by atoms with E-state index in [2.05, 4.69) is 39.9 Å². The minimum absolute atomic E-state index is 0.164. The molecule has 0 radical (unpaired) electrons. The lowest BCUT2D eigenvalue weighted by molar-refractivity contribution is 0.512. The van der Waals surface area contributed by atoms with Crippen LogP contribution in [0, 0.1) is 5.82 Å². The summed E-state index contributed by atoms with van der Waals surface area (Å²) in [6, 6.07) is 5.74. The molecular formula is C17H25BrFNS. The maximum Gasteiger partial charge on any atom is 0.137 e. The number of thioether (sulfide) groups is 1. The second-order valence-electron chi connectivity index (χ2n) is 5.77. The lowest BCUT2D eigenvalue weighted by Crippen LogP contribution is -2.34. The Labute approximate surface area is 140 Å². The van der Waals surface area contributed by atoms with E-state index in [1.807, 2.05) is 6.07 Å². The van der Waals surface area contributed by atoms with Crippen LogP contribution in [0.1, 0.15) is 44.6 Å². The summed E-state index contributed by atoms with van der Waals surface area (Å²) >= 11 is 5.48. The van der Waals surface area contributed by atoms with Crippen molar-refractivity contribution in [2.24, 2.45) is 0 Å². The molecule has 1 aliphatic rings. The van der Waals surface area contributed by atoms with Crippen LogP contribution in [0.5, 0.6) is 0 Å². The lowest BCUT2D eigenvalue weighted by atomic mass is 10.0. The van der Waals surface area contributed by atoms with Crippen molar-refractivity contribution in [3.63, 3.8) is 0 Å². The number of hydrogen-bond acceptors (Lipinski definition) is 2. The van der Waals surface area contributed by atoms with Crippen LogP contribution in [0.15, 0.2) is 22.7 Å². The van der Waals surface area contributed by atoms with Gasteiger partial charge in [0.2, 0.25) is 0 Å². The van der Waals surface area contributed by atoms with Crippen molar-refractivity contribution in [1.82, 2.24) is 5.32 Å². The third-order valence-electron chi connectivity index (χ3n) is 4.08. The van der Waals surface area contributed by atoms with E-state index in [4.69, 9.17) is 0 Å². The second-order valence-corrected chi connectivity index (χ2v) is 7.89. The molecule has 0 heterocycles. The van der Waals surface area contributed by atoms with E-state index >= 15 is 0 Å². The Kier molecular flexibility index (Phi) is 7.55. The summed E-state index contributed by atoms with van der Waals surface area (Å²) in [6.07, 6.45) is 7.80. The van der Waals surface area contributed by atoms with Crippen molar-refractivity contribution in [2.75, 3.05) is 12.3 Å². The summed E-state index contributed by atoms with van der Waals surface area (Å²) < 4.78 is 14.2. The van der Waals surface area contributed by atoms with Crippen LogP contribution in [0.4, 0.5) is 4.39 Å². The molecule has 1 N–H and O–H groups in total. The Balaban J connectivity index is 1.90. The average molecular weight is 374 g/mol. The van der Waals surface area contributed by atoms with Gasteiger partial charge in [0, 0.05) is 17.0 Å². The fourth-order valence-corrected chi connectivity index (χ4v) is 4.77. The Morgan fingerprint density at radius 1 is 1.33 bits per heavy atom. The normalized spacial score (nSPS) is 17.9. The molecule has 1 atom stereocenters. The van der Waals surface area contributed by atoms with Gasteiger partial charge < -0.3 is 5.32 Å². The van der Waals surface area contributed by atoms with E-state index in [0.29, 0.717) is 10.5 Å². The summed E-state index contributed by atoms with van der Waals surface area (Å²) in [6.45, 7) is 3.10. The van der Waals surface area contributed by atoms with Crippen molar-refractivity contribution in [2.45, 2.75) is 56.7 Å². The highest BCUT2D eigenvalue weighted by Crippen LogP contribution is 2.29. The molecule has 21 heavy (non-hydrogen) atoms. The first kappa shape index (κ1) is 17.3. The minimum Gasteiger partial charge on any atom is -0.313 e. The van der Waals surface area contributed by atoms with Gasteiger partial charge in [-0.1, -0.05) is 38.3 Å². The fraction of sp³-hybridized carbons (Fsp3) is 0.647. The number of rotatable bonds is 7. The number of likely N-dealkylation sites (N-methyl/N-ethyl adjacent to an activating group) is 1. The molecule has 0 amide bonds.